The molecule has 0 spiro atoms. The molecule has 0 radical (unpaired) electrons. The van der Waals surface area contributed by atoms with Gasteiger partial charge >= 0.3 is 5.92 Å². The summed E-state index contributed by atoms with van der Waals surface area (Å²) in [7, 11) is 0. The van der Waals surface area contributed by atoms with Crippen molar-refractivity contribution in [3.8, 4) is 0 Å². The number of hydrogen-bond donors (Lipinski definition) is 0. The topological polar surface area (TPSA) is 17.1 Å². The van der Waals surface area contributed by atoms with Gasteiger partial charge in [0.15, 0.2) is 0 Å². The molecule has 9 heavy (non-hydrogen) atoms. The van der Waals surface area contributed by atoms with E-state index in [4.69, 9.17) is 0 Å². The van der Waals surface area contributed by atoms with E-state index in [1.807, 2.05) is 0 Å². The van der Waals surface area contributed by atoms with Gasteiger partial charge in [0.2, 0.25) is 5.78 Å². The molecule has 0 atom stereocenters. The van der Waals surface area contributed by atoms with Crippen LogP contribution in [0.2, 0.25) is 0 Å². The molecule has 0 aromatic carbocycles. The summed E-state index contributed by atoms with van der Waals surface area (Å²) in [5.41, 5.74) is 0. The highest BCUT2D eigenvalue weighted by Crippen LogP contribution is 2.14. The van der Waals surface area contributed by atoms with Crippen molar-refractivity contribution in [1.82, 2.24) is 0 Å². The highest BCUT2D eigenvalue weighted by atomic mass is 32.2. The Morgan fingerprint density at radius 3 is 2.22 bits per heavy atom. The Kier molecular flexibility index (Phi) is 3.11. The molecule has 0 N–H and O–H groups in total. The molecule has 0 heterocycles. The second-order valence-corrected chi connectivity index (χ2v) is 2.61. The van der Waals surface area contributed by atoms with E-state index in [9.17, 15) is 13.6 Å². The summed E-state index contributed by atoms with van der Waals surface area (Å²) in [4.78, 5) is 10.3. The third kappa shape index (κ3) is 3.46. The number of Topliss-reactive ketones (excluding diaryl/α,β-unsaturated/α-hetero) is 1. The van der Waals surface area contributed by atoms with Crippen LogP contribution in [0.15, 0.2) is 0 Å². The van der Waals surface area contributed by atoms with Crippen LogP contribution in [0.3, 0.4) is 0 Å². The summed E-state index contributed by atoms with van der Waals surface area (Å²) < 4.78 is 23.9. The van der Waals surface area contributed by atoms with Crippen LogP contribution in [0.4, 0.5) is 8.78 Å². The van der Waals surface area contributed by atoms with Gasteiger partial charge in [0.25, 0.3) is 0 Å². The van der Waals surface area contributed by atoms with Gasteiger partial charge in [0.05, 0.1) is 5.75 Å². The Morgan fingerprint density at radius 2 is 2.11 bits per heavy atom. The minimum Gasteiger partial charge on any atom is -0.292 e. The standard InChI is InChI=1S/C5H8F2OS/c1-5(6,7)4(8)3-9-2/h3H2,1-2H3. The Morgan fingerprint density at radius 1 is 1.67 bits per heavy atom. The predicted octanol–water partition coefficient (Wildman–Crippen LogP) is 1.57. The number of carbonyl (C=O) groups excluding carboxylic acids is 1. The summed E-state index contributed by atoms with van der Waals surface area (Å²) in [6.07, 6.45) is 1.61. The minimum absolute atomic E-state index is 0.108. The van der Waals surface area contributed by atoms with E-state index >= 15 is 0 Å². The number of alkyl halides is 2. The molecule has 0 amide bonds. The van der Waals surface area contributed by atoms with Crippen LogP contribution >= 0.6 is 11.8 Å². The lowest BCUT2D eigenvalue weighted by molar-refractivity contribution is -0.137. The monoisotopic (exact) mass is 154 g/mol. The van der Waals surface area contributed by atoms with Gasteiger partial charge in [-0.1, -0.05) is 0 Å². The smallest absolute Gasteiger partial charge is 0.292 e. The fraction of sp³-hybridized carbons (Fsp3) is 0.800. The first kappa shape index (κ1) is 8.88. The highest BCUT2D eigenvalue weighted by molar-refractivity contribution is 7.99. The zero-order chi connectivity index (χ0) is 7.49. The first-order chi connectivity index (χ1) is 3.98. The molecule has 0 fully saturated rings. The molecule has 0 bridgehead atoms. The van der Waals surface area contributed by atoms with E-state index in [0.717, 1.165) is 11.8 Å². The molecule has 0 aliphatic carbocycles. The van der Waals surface area contributed by atoms with Gasteiger partial charge in [-0.2, -0.15) is 20.5 Å². The van der Waals surface area contributed by atoms with Crippen LogP contribution in [0.5, 0.6) is 0 Å². The van der Waals surface area contributed by atoms with E-state index in [0.29, 0.717) is 6.92 Å². The van der Waals surface area contributed by atoms with Crippen molar-refractivity contribution >= 4 is 17.5 Å². The summed E-state index contributed by atoms with van der Waals surface area (Å²) in [6, 6.07) is 0. The third-order valence-corrected chi connectivity index (χ3v) is 1.32. The SMILES string of the molecule is CSCC(=O)C(C)(F)F. The summed E-state index contributed by atoms with van der Waals surface area (Å²) in [6.45, 7) is 0.617. The molecule has 0 aromatic rings. The Balaban J connectivity index is 3.74. The van der Waals surface area contributed by atoms with Crippen molar-refractivity contribution in [2.75, 3.05) is 12.0 Å². The lowest BCUT2D eigenvalue weighted by Crippen LogP contribution is -2.25. The summed E-state index contributed by atoms with van der Waals surface area (Å²) in [5.74, 6) is -4.26. The number of carbonyl (C=O) groups is 1. The lowest BCUT2D eigenvalue weighted by atomic mass is 10.3. The first-order valence-electron chi connectivity index (χ1n) is 2.38. The van der Waals surface area contributed by atoms with Crippen molar-refractivity contribution in [2.24, 2.45) is 0 Å². The normalized spacial score (nSPS) is 11.6. The maximum atomic E-state index is 11.9. The van der Waals surface area contributed by atoms with Gasteiger partial charge in [-0.15, -0.1) is 0 Å². The van der Waals surface area contributed by atoms with Gasteiger partial charge in [-0.3, -0.25) is 4.79 Å². The largest absolute Gasteiger partial charge is 0.303 e. The average Bonchev–Trinajstić information content (AvgIpc) is 1.64. The second kappa shape index (κ2) is 3.15. The van der Waals surface area contributed by atoms with E-state index < -0.39 is 11.7 Å². The lowest BCUT2D eigenvalue weighted by Gasteiger charge is -2.05. The number of thioether (sulfide) groups is 1. The third-order valence-electron chi connectivity index (χ3n) is 0.765. The molecular weight excluding hydrogens is 146 g/mol. The maximum Gasteiger partial charge on any atom is 0.303 e. The molecule has 4 heteroatoms. The molecule has 0 saturated heterocycles. The first-order valence-corrected chi connectivity index (χ1v) is 3.78. The Bertz CT molecular complexity index is 108. The zero-order valence-electron chi connectivity index (χ0n) is 5.28. The second-order valence-electron chi connectivity index (χ2n) is 1.74. The molecule has 54 valence electrons. The van der Waals surface area contributed by atoms with Crippen LogP contribution in [-0.4, -0.2) is 23.7 Å². The van der Waals surface area contributed by atoms with Crippen molar-refractivity contribution in [3.63, 3.8) is 0 Å². The van der Waals surface area contributed by atoms with E-state index in [-0.39, 0.29) is 5.75 Å². The van der Waals surface area contributed by atoms with Crippen LogP contribution in [0.25, 0.3) is 0 Å². The molecule has 0 aromatic heterocycles. The number of hydrogen-bond acceptors (Lipinski definition) is 2. The van der Waals surface area contributed by atoms with E-state index in [1.165, 1.54) is 0 Å². The van der Waals surface area contributed by atoms with E-state index in [1.54, 1.807) is 6.26 Å². The molecule has 0 saturated carbocycles. The highest BCUT2D eigenvalue weighted by Gasteiger charge is 2.30. The van der Waals surface area contributed by atoms with Crippen molar-refractivity contribution in [2.45, 2.75) is 12.8 Å². The van der Waals surface area contributed by atoms with Gasteiger partial charge in [-0.05, 0) is 6.26 Å². The summed E-state index contributed by atoms with van der Waals surface area (Å²) in [5, 5.41) is 0. The van der Waals surface area contributed by atoms with Crippen LogP contribution in [0, 0.1) is 0 Å². The molecule has 0 rings (SSSR count). The van der Waals surface area contributed by atoms with Gasteiger partial charge in [0, 0.05) is 6.92 Å². The quantitative estimate of drug-likeness (QED) is 0.613. The minimum atomic E-state index is -3.15. The van der Waals surface area contributed by atoms with E-state index in [2.05, 4.69) is 0 Å². The number of rotatable bonds is 3. The molecule has 0 aliphatic heterocycles. The van der Waals surface area contributed by atoms with Crippen LogP contribution in [0.1, 0.15) is 6.92 Å². The fourth-order valence-electron chi connectivity index (χ4n) is 0.258. The zero-order valence-corrected chi connectivity index (χ0v) is 6.10. The van der Waals surface area contributed by atoms with Gasteiger partial charge in [0.1, 0.15) is 0 Å². The van der Waals surface area contributed by atoms with Crippen molar-refractivity contribution in [3.05, 3.63) is 0 Å². The predicted molar refractivity (Wildman–Crippen MR) is 34.0 cm³/mol. The number of ketones is 1. The molecule has 0 unspecified atom stereocenters. The van der Waals surface area contributed by atoms with Crippen molar-refractivity contribution in [1.29, 1.82) is 0 Å². The molecule has 1 nitrogen and oxygen atoms in total. The van der Waals surface area contributed by atoms with Crippen molar-refractivity contribution < 1.29 is 13.6 Å². The molecule has 0 aliphatic rings. The van der Waals surface area contributed by atoms with Gasteiger partial charge in [-0.25, -0.2) is 0 Å². The summed E-state index contributed by atoms with van der Waals surface area (Å²) >= 11 is 1.11. The number of halogens is 2. The van der Waals surface area contributed by atoms with Crippen LogP contribution in [-0.2, 0) is 4.79 Å². The fourth-order valence-corrected chi connectivity index (χ4v) is 0.773. The maximum absolute atomic E-state index is 11.9. The Hall–Kier alpha value is -0.120. The molecular formula is C5H8F2OS. The average molecular weight is 154 g/mol. The van der Waals surface area contributed by atoms with Gasteiger partial charge < -0.3 is 0 Å². The van der Waals surface area contributed by atoms with Crippen LogP contribution < -0.4 is 0 Å². The Labute approximate surface area is 56.8 Å².